The highest BCUT2D eigenvalue weighted by Crippen LogP contribution is 2.35. The Hall–Kier alpha value is -0.980. The molecule has 2 aromatic carbocycles. The van der Waals surface area contributed by atoms with E-state index in [9.17, 15) is 0 Å². The quantitative estimate of drug-likeness (QED) is 0.412. The molecule has 0 amide bonds. The highest BCUT2D eigenvalue weighted by Gasteiger charge is 2.12. The number of hydrogen-bond acceptors (Lipinski definition) is 4. The minimum atomic E-state index is 0.260. The van der Waals surface area contributed by atoms with Gasteiger partial charge in [-0.2, -0.15) is 0 Å². The first kappa shape index (κ1) is 22.3. The average Bonchev–Trinajstić information content (AvgIpc) is 2.65. The van der Waals surface area contributed by atoms with Crippen LogP contribution < -0.4 is 14.8 Å². The summed E-state index contributed by atoms with van der Waals surface area (Å²) in [6.07, 6.45) is 0.975. The van der Waals surface area contributed by atoms with E-state index in [2.05, 4.69) is 21.2 Å². The molecule has 27 heavy (non-hydrogen) atoms. The number of nitrogens with one attached hydrogen (secondary N) is 1. The number of benzene rings is 2. The lowest BCUT2D eigenvalue weighted by Gasteiger charge is -2.15. The summed E-state index contributed by atoms with van der Waals surface area (Å²) in [4.78, 5) is 0. The monoisotopic (exact) mass is 475 g/mol. The van der Waals surface area contributed by atoms with Gasteiger partial charge in [0.15, 0.2) is 11.5 Å². The third kappa shape index (κ3) is 6.84. The van der Waals surface area contributed by atoms with E-state index in [1.807, 2.05) is 25.1 Å². The molecule has 0 atom stereocenters. The Balaban J connectivity index is 2.00. The highest BCUT2D eigenvalue weighted by atomic mass is 79.9. The highest BCUT2D eigenvalue weighted by molar-refractivity contribution is 9.10. The van der Waals surface area contributed by atoms with Gasteiger partial charge in [-0.25, -0.2) is 0 Å². The van der Waals surface area contributed by atoms with Crippen LogP contribution in [0.2, 0.25) is 10.0 Å². The maximum absolute atomic E-state index is 6.21. The van der Waals surface area contributed by atoms with E-state index in [4.69, 9.17) is 37.4 Å². The Kier molecular flexibility index (Phi) is 9.73. The lowest BCUT2D eigenvalue weighted by molar-refractivity contribution is 0.144. The Morgan fingerprint density at radius 1 is 1.11 bits per heavy atom. The predicted octanol–water partition coefficient (Wildman–Crippen LogP) is 5.86. The summed E-state index contributed by atoms with van der Waals surface area (Å²) in [5, 5.41) is 4.56. The maximum atomic E-state index is 6.21. The Labute approximate surface area is 179 Å². The SMILES string of the molecule is CCOCCCNCc1cc(OC)c(OCc2c(Cl)cccc2Cl)cc1Br. The maximum Gasteiger partial charge on any atom is 0.162 e. The fraction of sp³-hybridized carbons (Fsp3) is 0.400. The molecule has 148 valence electrons. The Morgan fingerprint density at radius 2 is 1.85 bits per heavy atom. The zero-order valence-electron chi connectivity index (χ0n) is 15.5. The van der Waals surface area contributed by atoms with Crippen LogP contribution in [0.5, 0.6) is 11.5 Å². The van der Waals surface area contributed by atoms with Gasteiger partial charge in [-0.15, -0.1) is 0 Å². The van der Waals surface area contributed by atoms with Gasteiger partial charge in [0.2, 0.25) is 0 Å². The van der Waals surface area contributed by atoms with Crippen molar-refractivity contribution in [3.05, 3.63) is 56.0 Å². The van der Waals surface area contributed by atoms with Crippen molar-refractivity contribution in [1.29, 1.82) is 0 Å². The largest absolute Gasteiger partial charge is 0.493 e. The standard InChI is InChI=1S/C20H24BrCl2NO3/c1-3-26-9-5-8-24-12-14-10-19(25-2)20(11-16(14)21)27-13-15-17(22)6-4-7-18(15)23/h4,6-7,10-11,24H,3,5,8-9,12-13H2,1-2H3. The summed E-state index contributed by atoms with van der Waals surface area (Å²) in [7, 11) is 1.62. The second kappa shape index (κ2) is 11.8. The van der Waals surface area contributed by atoms with E-state index in [0.29, 0.717) is 21.5 Å². The van der Waals surface area contributed by atoms with E-state index >= 15 is 0 Å². The van der Waals surface area contributed by atoms with Crippen LogP contribution >= 0.6 is 39.1 Å². The van der Waals surface area contributed by atoms with Crippen molar-refractivity contribution in [3.8, 4) is 11.5 Å². The Bertz CT molecular complexity index is 723. The minimum Gasteiger partial charge on any atom is -0.493 e. The predicted molar refractivity (Wildman–Crippen MR) is 114 cm³/mol. The molecule has 0 radical (unpaired) electrons. The van der Waals surface area contributed by atoms with Crippen LogP contribution in [0, 0.1) is 0 Å². The molecule has 4 nitrogen and oxygen atoms in total. The first-order valence-electron chi connectivity index (χ1n) is 8.77. The lowest BCUT2D eigenvalue weighted by Crippen LogP contribution is -2.16. The van der Waals surface area contributed by atoms with Crippen molar-refractivity contribution in [2.45, 2.75) is 26.5 Å². The van der Waals surface area contributed by atoms with Crippen molar-refractivity contribution < 1.29 is 14.2 Å². The molecule has 0 bridgehead atoms. The third-order valence-corrected chi connectivity index (χ3v) is 5.37. The van der Waals surface area contributed by atoms with Crippen LogP contribution in [0.15, 0.2) is 34.8 Å². The topological polar surface area (TPSA) is 39.7 Å². The molecule has 0 aliphatic heterocycles. The molecule has 0 aromatic heterocycles. The second-order valence-corrected chi connectivity index (χ2v) is 7.48. The molecular weight excluding hydrogens is 453 g/mol. The van der Waals surface area contributed by atoms with Gasteiger partial charge >= 0.3 is 0 Å². The van der Waals surface area contributed by atoms with Crippen LogP contribution in [0.4, 0.5) is 0 Å². The zero-order chi connectivity index (χ0) is 19.6. The molecule has 0 heterocycles. The number of methoxy groups -OCH3 is 1. The van der Waals surface area contributed by atoms with Crippen molar-refractivity contribution in [1.82, 2.24) is 5.32 Å². The van der Waals surface area contributed by atoms with Gasteiger partial charge in [0.1, 0.15) is 6.61 Å². The van der Waals surface area contributed by atoms with Gasteiger partial charge in [0.25, 0.3) is 0 Å². The van der Waals surface area contributed by atoms with Gasteiger partial charge in [0, 0.05) is 39.8 Å². The average molecular weight is 477 g/mol. The molecule has 0 aliphatic carbocycles. The second-order valence-electron chi connectivity index (χ2n) is 5.81. The van der Waals surface area contributed by atoms with Gasteiger partial charge in [-0.1, -0.05) is 45.2 Å². The molecule has 0 unspecified atom stereocenters. The molecule has 0 saturated heterocycles. The van der Waals surface area contributed by atoms with Crippen LogP contribution in [0.1, 0.15) is 24.5 Å². The van der Waals surface area contributed by atoms with Crippen molar-refractivity contribution in [2.24, 2.45) is 0 Å². The molecule has 0 saturated carbocycles. The van der Waals surface area contributed by atoms with Gasteiger partial charge in [-0.05, 0) is 49.7 Å². The summed E-state index contributed by atoms with van der Waals surface area (Å²) in [6, 6.07) is 9.25. The molecule has 0 fully saturated rings. The molecule has 0 spiro atoms. The van der Waals surface area contributed by atoms with Crippen molar-refractivity contribution >= 4 is 39.1 Å². The fourth-order valence-corrected chi connectivity index (χ4v) is 3.44. The molecule has 2 rings (SSSR count). The van der Waals surface area contributed by atoms with Crippen molar-refractivity contribution in [3.63, 3.8) is 0 Å². The minimum absolute atomic E-state index is 0.260. The summed E-state index contributed by atoms with van der Waals surface area (Å²) < 4.78 is 17.7. The summed E-state index contributed by atoms with van der Waals surface area (Å²) in [5.41, 5.74) is 1.84. The van der Waals surface area contributed by atoms with Crippen LogP contribution in [-0.2, 0) is 17.9 Å². The summed E-state index contributed by atoms with van der Waals surface area (Å²) in [5.74, 6) is 1.29. The van der Waals surface area contributed by atoms with E-state index in [-0.39, 0.29) is 6.61 Å². The Morgan fingerprint density at radius 3 is 2.52 bits per heavy atom. The number of ether oxygens (including phenoxy) is 3. The number of halogens is 3. The van der Waals surface area contributed by atoms with E-state index in [0.717, 1.165) is 48.3 Å². The van der Waals surface area contributed by atoms with Crippen LogP contribution in [0.25, 0.3) is 0 Å². The molecule has 2 aromatic rings. The molecule has 1 N–H and O–H groups in total. The third-order valence-electron chi connectivity index (χ3n) is 3.93. The number of hydrogen-bond donors (Lipinski definition) is 1. The van der Waals surface area contributed by atoms with Gasteiger partial charge in [0.05, 0.1) is 7.11 Å². The molecule has 7 heteroatoms. The fourth-order valence-electron chi connectivity index (χ4n) is 2.47. The molecule has 0 aliphatic rings. The van der Waals surface area contributed by atoms with Crippen molar-refractivity contribution in [2.75, 3.05) is 26.9 Å². The molecular formula is C20H24BrCl2NO3. The summed E-state index contributed by atoms with van der Waals surface area (Å²) >= 11 is 16.0. The van der Waals surface area contributed by atoms with E-state index in [1.54, 1.807) is 19.2 Å². The lowest BCUT2D eigenvalue weighted by atomic mass is 10.2. The summed E-state index contributed by atoms with van der Waals surface area (Å²) in [6.45, 7) is 5.39. The number of rotatable bonds is 11. The van der Waals surface area contributed by atoms with Crippen LogP contribution in [0.3, 0.4) is 0 Å². The van der Waals surface area contributed by atoms with Gasteiger partial charge < -0.3 is 19.5 Å². The smallest absolute Gasteiger partial charge is 0.162 e. The van der Waals surface area contributed by atoms with E-state index in [1.165, 1.54) is 0 Å². The first-order chi connectivity index (χ1) is 13.1. The first-order valence-corrected chi connectivity index (χ1v) is 10.3. The normalized spacial score (nSPS) is 10.9. The van der Waals surface area contributed by atoms with Crippen LogP contribution in [-0.4, -0.2) is 26.9 Å². The van der Waals surface area contributed by atoms with Gasteiger partial charge in [-0.3, -0.25) is 0 Å². The zero-order valence-corrected chi connectivity index (χ0v) is 18.6. The van der Waals surface area contributed by atoms with E-state index < -0.39 is 0 Å².